The number of nitro groups is 1. The fraction of sp³-hybridized carbons (Fsp3) is 0. The summed E-state index contributed by atoms with van der Waals surface area (Å²) >= 11 is 0. The van der Waals surface area contributed by atoms with E-state index >= 15 is 0 Å². The Morgan fingerprint density at radius 2 is 1.43 bits per heavy atom. The predicted octanol–water partition coefficient (Wildman–Crippen LogP) is 3.88. The quantitative estimate of drug-likeness (QED) is 0.239. The zero-order chi connectivity index (χ0) is 21.3. The molecule has 1 amide bonds. The van der Waals surface area contributed by atoms with Crippen molar-refractivity contribution >= 4 is 34.4 Å². The van der Waals surface area contributed by atoms with Crippen molar-refractivity contribution in [3.63, 3.8) is 0 Å². The van der Waals surface area contributed by atoms with E-state index in [1.165, 1.54) is 24.3 Å². The van der Waals surface area contributed by atoms with E-state index in [1.54, 1.807) is 54.6 Å². The Morgan fingerprint density at radius 3 is 1.97 bits per heavy atom. The number of nitrogens with zero attached hydrogens (tertiary/aromatic N) is 3. The molecule has 0 aliphatic carbocycles. The molecule has 150 valence electrons. The zero-order valence-electron chi connectivity index (χ0n) is 15.6. The van der Waals surface area contributed by atoms with Crippen LogP contribution in [0, 0.1) is 10.1 Å². The van der Waals surface area contributed by atoms with E-state index in [0.29, 0.717) is 16.9 Å². The van der Waals surface area contributed by atoms with Gasteiger partial charge < -0.3 is 10.5 Å². The van der Waals surface area contributed by atoms with Gasteiger partial charge in [-0.2, -0.15) is 5.10 Å². The van der Waals surface area contributed by atoms with Crippen molar-refractivity contribution in [3.8, 4) is 0 Å². The van der Waals surface area contributed by atoms with Gasteiger partial charge in [0.25, 0.3) is 11.6 Å². The fourth-order valence-electron chi connectivity index (χ4n) is 2.54. The molecule has 9 heteroatoms. The fourth-order valence-corrected chi connectivity index (χ4v) is 2.54. The standard InChI is InChI=1S/C21H17N5O4/c27-21(22-16-7-3-1-4-8-16)20(25-28)19(24-23-17-9-5-2-6-10-17)15-11-13-18(14-12-15)26(29)30/h1-14,23,28H,(H,22,27)/b24-19-,25-20-. The van der Waals surface area contributed by atoms with Gasteiger partial charge in [0.15, 0.2) is 5.71 Å². The number of carbonyl (C=O) groups is 1. The number of hydrogen-bond acceptors (Lipinski definition) is 7. The van der Waals surface area contributed by atoms with Gasteiger partial charge in [-0.15, -0.1) is 0 Å². The average Bonchev–Trinajstić information content (AvgIpc) is 2.78. The third-order valence-corrected chi connectivity index (χ3v) is 3.99. The molecule has 0 atom stereocenters. The number of nitrogens with one attached hydrogen (secondary N) is 2. The molecule has 0 aromatic heterocycles. The lowest BCUT2D eigenvalue weighted by atomic mass is 10.0. The van der Waals surface area contributed by atoms with Crippen molar-refractivity contribution in [1.29, 1.82) is 0 Å². The molecule has 0 fully saturated rings. The van der Waals surface area contributed by atoms with Crippen LogP contribution < -0.4 is 10.7 Å². The Bertz CT molecular complexity index is 1080. The number of nitro benzene ring substituents is 1. The normalized spacial score (nSPS) is 11.6. The number of benzene rings is 3. The molecule has 0 aliphatic rings. The summed E-state index contributed by atoms with van der Waals surface area (Å²) in [7, 11) is 0. The second kappa shape index (κ2) is 9.60. The molecular weight excluding hydrogens is 386 g/mol. The van der Waals surface area contributed by atoms with Gasteiger partial charge in [0, 0.05) is 23.4 Å². The van der Waals surface area contributed by atoms with Crippen molar-refractivity contribution in [2.24, 2.45) is 10.3 Å². The molecule has 0 saturated carbocycles. The van der Waals surface area contributed by atoms with E-state index in [4.69, 9.17) is 0 Å². The molecule has 0 spiro atoms. The lowest BCUT2D eigenvalue weighted by Gasteiger charge is -2.10. The Hall–Kier alpha value is -4.53. The Labute approximate surface area is 171 Å². The highest BCUT2D eigenvalue weighted by Gasteiger charge is 2.22. The highest BCUT2D eigenvalue weighted by atomic mass is 16.6. The number of non-ortho nitro benzene ring substituents is 1. The molecule has 3 aromatic rings. The van der Waals surface area contributed by atoms with Crippen molar-refractivity contribution in [2.75, 3.05) is 10.7 Å². The average molecular weight is 403 g/mol. The SMILES string of the molecule is O=C(Nc1ccccc1)C(=N\O)/C(=N\Nc1ccccc1)c1ccc([N+](=O)[O-])cc1. The molecule has 3 N–H and O–H groups in total. The van der Waals surface area contributed by atoms with Crippen LogP contribution in [0.5, 0.6) is 0 Å². The summed E-state index contributed by atoms with van der Waals surface area (Å²) < 4.78 is 0. The number of oxime groups is 1. The Kier molecular flexibility index (Phi) is 6.47. The van der Waals surface area contributed by atoms with Gasteiger partial charge in [0.05, 0.1) is 10.6 Å². The van der Waals surface area contributed by atoms with E-state index in [1.807, 2.05) is 6.07 Å². The van der Waals surface area contributed by atoms with Gasteiger partial charge >= 0.3 is 0 Å². The van der Waals surface area contributed by atoms with Crippen molar-refractivity contribution in [1.82, 2.24) is 0 Å². The predicted molar refractivity (Wildman–Crippen MR) is 114 cm³/mol. The Balaban J connectivity index is 1.96. The van der Waals surface area contributed by atoms with E-state index in [-0.39, 0.29) is 17.1 Å². The molecule has 0 bridgehead atoms. The molecule has 30 heavy (non-hydrogen) atoms. The van der Waals surface area contributed by atoms with Crippen LogP contribution in [0.25, 0.3) is 0 Å². The maximum absolute atomic E-state index is 12.7. The minimum Gasteiger partial charge on any atom is -0.410 e. The maximum Gasteiger partial charge on any atom is 0.280 e. The van der Waals surface area contributed by atoms with Crippen LogP contribution >= 0.6 is 0 Å². The van der Waals surface area contributed by atoms with Gasteiger partial charge in [-0.05, 0) is 36.4 Å². The second-order valence-electron chi connectivity index (χ2n) is 6.01. The monoisotopic (exact) mass is 403 g/mol. The summed E-state index contributed by atoms with van der Waals surface area (Å²) in [6, 6.07) is 23.0. The molecule has 0 heterocycles. The summed E-state index contributed by atoms with van der Waals surface area (Å²) in [6.45, 7) is 0. The summed E-state index contributed by atoms with van der Waals surface area (Å²) in [6.07, 6.45) is 0. The third-order valence-electron chi connectivity index (χ3n) is 3.99. The van der Waals surface area contributed by atoms with Gasteiger partial charge in [0.2, 0.25) is 0 Å². The highest BCUT2D eigenvalue weighted by molar-refractivity contribution is 6.71. The first-order chi connectivity index (χ1) is 14.6. The molecule has 3 rings (SSSR count). The molecule has 3 aromatic carbocycles. The largest absolute Gasteiger partial charge is 0.410 e. The van der Waals surface area contributed by atoms with Crippen LogP contribution in [0.1, 0.15) is 5.56 Å². The summed E-state index contributed by atoms with van der Waals surface area (Å²) in [5, 5.41) is 30.5. The highest BCUT2D eigenvalue weighted by Crippen LogP contribution is 2.15. The minimum atomic E-state index is -0.698. The summed E-state index contributed by atoms with van der Waals surface area (Å²) in [4.78, 5) is 23.1. The van der Waals surface area contributed by atoms with E-state index < -0.39 is 10.8 Å². The smallest absolute Gasteiger partial charge is 0.280 e. The lowest BCUT2D eigenvalue weighted by molar-refractivity contribution is -0.384. The van der Waals surface area contributed by atoms with Crippen LogP contribution in [0.3, 0.4) is 0 Å². The van der Waals surface area contributed by atoms with Crippen LogP contribution in [0.2, 0.25) is 0 Å². The molecule has 9 nitrogen and oxygen atoms in total. The molecule has 0 radical (unpaired) electrons. The van der Waals surface area contributed by atoms with Gasteiger partial charge in [0.1, 0.15) is 5.71 Å². The topological polar surface area (TPSA) is 129 Å². The molecule has 0 saturated heterocycles. The number of rotatable bonds is 7. The third kappa shape index (κ3) is 5.04. The molecular formula is C21H17N5O4. The van der Waals surface area contributed by atoms with Gasteiger partial charge in [-0.25, -0.2) is 0 Å². The van der Waals surface area contributed by atoms with Crippen LogP contribution in [-0.4, -0.2) is 27.5 Å². The Morgan fingerprint density at radius 1 is 0.867 bits per heavy atom. The van der Waals surface area contributed by atoms with Crippen LogP contribution in [0.15, 0.2) is 95.2 Å². The van der Waals surface area contributed by atoms with Crippen LogP contribution in [-0.2, 0) is 4.79 Å². The first-order valence-electron chi connectivity index (χ1n) is 8.81. The van der Waals surface area contributed by atoms with Crippen molar-refractivity contribution < 1.29 is 14.9 Å². The van der Waals surface area contributed by atoms with Gasteiger partial charge in [-0.1, -0.05) is 41.6 Å². The number of para-hydroxylation sites is 2. The van der Waals surface area contributed by atoms with Crippen LogP contribution in [0.4, 0.5) is 17.1 Å². The second-order valence-corrected chi connectivity index (χ2v) is 6.01. The minimum absolute atomic E-state index is 0.00434. The lowest BCUT2D eigenvalue weighted by Crippen LogP contribution is -2.31. The number of carbonyl (C=O) groups excluding carboxylic acids is 1. The molecule has 0 aliphatic heterocycles. The summed E-state index contributed by atoms with van der Waals surface area (Å²) in [5.74, 6) is -0.698. The van der Waals surface area contributed by atoms with E-state index in [2.05, 4.69) is 21.0 Å². The first-order valence-corrected chi connectivity index (χ1v) is 8.81. The number of hydrogen-bond donors (Lipinski definition) is 3. The first kappa shape index (κ1) is 20.2. The molecule has 0 unspecified atom stereocenters. The maximum atomic E-state index is 12.7. The number of anilines is 2. The summed E-state index contributed by atoms with van der Waals surface area (Å²) in [5.41, 5.74) is 3.80. The van der Waals surface area contributed by atoms with E-state index in [9.17, 15) is 20.1 Å². The van der Waals surface area contributed by atoms with E-state index in [0.717, 1.165) is 0 Å². The van der Waals surface area contributed by atoms with Crippen molar-refractivity contribution in [2.45, 2.75) is 0 Å². The number of amides is 1. The van der Waals surface area contributed by atoms with Gasteiger partial charge in [-0.3, -0.25) is 20.3 Å². The zero-order valence-corrected chi connectivity index (χ0v) is 15.6. The van der Waals surface area contributed by atoms with Crippen molar-refractivity contribution in [3.05, 3.63) is 101 Å². The number of hydrazone groups is 1.